The van der Waals surface area contributed by atoms with Gasteiger partial charge >= 0.3 is 5.97 Å². The van der Waals surface area contributed by atoms with E-state index >= 15 is 4.39 Å². The van der Waals surface area contributed by atoms with Crippen molar-refractivity contribution in [2.24, 2.45) is 0 Å². The summed E-state index contributed by atoms with van der Waals surface area (Å²) in [6.07, 6.45) is 2.57. The van der Waals surface area contributed by atoms with Crippen molar-refractivity contribution in [2.75, 3.05) is 18.5 Å². The molecule has 226 valence electrons. The van der Waals surface area contributed by atoms with Gasteiger partial charge in [-0.1, -0.05) is 29.8 Å². The molecular formula is C35H30FN5O4. The van der Waals surface area contributed by atoms with E-state index in [4.69, 9.17) is 26.0 Å². The number of aromatic carboxylic acids is 1. The zero-order valence-corrected chi connectivity index (χ0v) is 24.4. The number of pyridine rings is 1. The van der Waals surface area contributed by atoms with Crippen LogP contribution in [0.2, 0.25) is 0 Å². The van der Waals surface area contributed by atoms with Gasteiger partial charge in [-0.25, -0.2) is 24.0 Å². The Balaban J connectivity index is 1.28. The largest absolute Gasteiger partial charge is 0.493 e. The summed E-state index contributed by atoms with van der Waals surface area (Å²) >= 11 is 0. The molecule has 7 rings (SSSR count). The summed E-state index contributed by atoms with van der Waals surface area (Å²) in [6, 6.07) is 19.2. The maximum absolute atomic E-state index is 15.9. The average Bonchev–Trinajstić information content (AvgIpc) is 3.36. The zero-order chi connectivity index (χ0) is 30.9. The molecule has 0 amide bonds. The third-order valence-electron chi connectivity index (χ3n) is 8.40. The van der Waals surface area contributed by atoms with Crippen LogP contribution in [0.1, 0.15) is 45.7 Å². The minimum atomic E-state index is -1.01. The third-order valence-corrected chi connectivity index (χ3v) is 8.40. The van der Waals surface area contributed by atoms with E-state index in [1.165, 1.54) is 6.07 Å². The van der Waals surface area contributed by atoms with E-state index in [1.807, 2.05) is 34.9 Å². The lowest BCUT2D eigenvalue weighted by molar-refractivity contribution is -0.0589. The van der Waals surface area contributed by atoms with E-state index in [9.17, 15) is 9.90 Å². The molecule has 0 radical (unpaired) electrons. The molecular weight excluding hydrogens is 573 g/mol. The van der Waals surface area contributed by atoms with Gasteiger partial charge in [0.05, 0.1) is 48.1 Å². The van der Waals surface area contributed by atoms with Gasteiger partial charge in [0.25, 0.3) is 0 Å². The van der Waals surface area contributed by atoms with Crippen LogP contribution < -0.4 is 10.1 Å². The maximum atomic E-state index is 15.9. The van der Waals surface area contributed by atoms with E-state index in [1.54, 1.807) is 30.3 Å². The highest BCUT2D eigenvalue weighted by Gasteiger charge is 2.24. The molecule has 4 bridgehead atoms. The van der Waals surface area contributed by atoms with Gasteiger partial charge in [-0.3, -0.25) is 0 Å². The second kappa shape index (κ2) is 12.0. The van der Waals surface area contributed by atoms with Gasteiger partial charge in [0, 0.05) is 30.7 Å². The number of benzene rings is 3. The van der Waals surface area contributed by atoms with Crippen LogP contribution in [0.5, 0.6) is 5.75 Å². The number of nitrogens with one attached hydrogen (secondary N) is 1. The molecule has 4 heterocycles. The number of imidazole rings is 1. The number of ether oxygens (including phenoxy) is 2. The summed E-state index contributed by atoms with van der Waals surface area (Å²) in [4.78, 5) is 24.9. The van der Waals surface area contributed by atoms with E-state index in [0.29, 0.717) is 90.1 Å². The van der Waals surface area contributed by atoms with Gasteiger partial charge in [0.2, 0.25) is 0 Å². The number of anilines is 1. The topological polar surface area (TPSA) is 103 Å². The lowest BCUT2D eigenvalue weighted by Crippen LogP contribution is -2.31. The maximum Gasteiger partial charge on any atom is 0.335 e. The Morgan fingerprint density at radius 1 is 1.09 bits per heavy atom. The number of aromatic nitrogens is 3. The Kier molecular flexibility index (Phi) is 7.61. The Bertz CT molecular complexity index is 1980. The molecule has 0 saturated carbocycles. The molecule has 2 aromatic heterocycles. The minimum Gasteiger partial charge on any atom is -0.493 e. The number of carboxylic acid groups (broad SMARTS) is 1. The first kappa shape index (κ1) is 28.5. The van der Waals surface area contributed by atoms with E-state index in [2.05, 4.69) is 10.2 Å². The molecule has 45 heavy (non-hydrogen) atoms. The second-order valence-electron chi connectivity index (χ2n) is 11.3. The van der Waals surface area contributed by atoms with Crippen molar-refractivity contribution < 1.29 is 23.8 Å². The Morgan fingerprint density at radius 3 is 2.78 bits per heavy atom. The summed E-state index contributed by atoms with van der Waals surface area (Å²) in [7, 11) is 0. The van der Waals surface area contributed by atoms with E-state index < -0.39 is 11.8 Å². The van der Waals surface area contributed by atoms with Crippen LogP contribution in [0.3, 0.4) is 0 Å². The van der Waals surface area contributed by atoms with Gasteiger partial charge in [-0.15, -0.1) is 0 Å². The van der Waals surface area contributed by atoms with Crippen LogP contribution in [-0.4, -0.2) is 44.9 Å². The summed E-state index contributed by atoms with van der Waals surface area (Å²) < 4.78 is 29.9. The monoisotopic (exact) mass is 603 g/mol. The van der Waals surface area contributed by atoms with Crippen molar-refractivity contribution in [2.45, 2.75) is 44.9 Å². The number of halogens is 1. The number of hydrogen-bond acceptors (Lipinski definition) is 6. The molecule has 1 atom stereocenters. The molecule has 9 nitrogen and oxygen atoms in total. The van der Waals surface area contributed by atoms with Crippen molar-refractivity contribution in [3.05, 3.63) is 112 Å². The van der Waals surface area contributed by atoms with Crippen LogP contribution in [-0.2, 0) is 30.7 Å². The van der Waals surface area contributed by atoms with E-state index in [-0.39, 0.29) is 18.1 Å². The van der Waals surface area contributed by atoms with Crippen LogP contribution in [0, 0.1) is 12.4 Å². The number of rotatable bonds is 5. The molecule has 3 aromatic carbocycles. The SMILES string of the molecule is [C-]#[N+]c1ccc2c(c1)CCCOc1cc(c(F)cc1Cc1nc3ccc(C(=O)O)cc3n1C[C@@H]1CCO1)-c1cccc(n1)NC2. The summed E-state index contributed by atoms with van der Waals surface area (Å²) in [6.45, 7) is 9.56. The highest BCUT2D eigenvalue weighted by atomic mass is 19.1. The van der Waals surface area contributed by atoms with Gasteiger partial charge in [0.15, 0.2) is 5.69 Å². The highest BCUT2D eigenvalue weighted by molar-refractivity contribution is 5.92. The Morgan fingerprint density at radius 2 is 1.98 bits per heavy atom. The molecule has 1 saturated heterocycles. The number of carboxylic acids is 1. The number of carbonyl (C=O) groups is 1. The number of aryl methyl sites for hydroxylation is 1. The Hall–Kier alpha value is -5.27. The minimum absolute atomic E-state index is 0.00114. The van der Waals surface area contributed by atoms with Crippen LogP contribution >= 0.6 is 0 Å². The zero-order valence-electron chi connectivity index (χ0n) is 24.4. The Labute approximate surface area is 259 Å². The van der Waals surface area contributed by atoms with E-state index in [0.717, 1.165) is 17.5 Å². The molecule has 0 unspecified atom stereocenters. The fourth-order valence-corrected chi connectivity index (χ4v) is 5.91. The molecule has 5 aromatic rings. The molecule has 2 N–H and O–H groups in total. The molecule has 2 aliphatic heterocycles. The second-order valence-corrected chi connectivity index (χ2v) is 11.3. The summed E-state index contributed by atoms with van der Waals surface area (Å²) in [5.41, 5.74) is 5.69. The van der Waals surface area contributed by atoms with Crippen molar-refractivity contribution in [3.8, 4) is 17.0 Å². The quantitative estimate of drug-likeness (QED) is 0.213. The van der Waals surface area contributed by atoms with Crippen molar-refractivity contribution in [1.29, 1.82) is 0 Å². The summed E-state index contributed by atoms with van der Waals surface area (Å²) in [5, 5.41) is 13.0. The fraction of sp³-hybridized carbons (Fsp3) is 0.257. The predicted molar refractivity (Wildman–Crippen MR) is 167 cm³/mol. The van der Waals surface area contributed by atoms with Gasteiger partial charge in [-0.2, -0.15) is 0 Å². The first-order valence-electron chi connectivity index (χ1n) is 14.9. The van der Waals surface area contributed by atoms with Crippen molar-refractivity contribution in [3.63, 3.8) is 0 Å². The van der Waals surface area contributed by atoms with Crippen LogP contribution in [0.25, 0.3) is 27.1 Å². The molecule has 0 spiro atoms. The highest BCUT2D eigenvalue weighted by Crippen LogP contribution is 2.33. The smallest absolute Gasteiger partial charge is 0.335 e. The first-order chi connectivity index (χ1) is 21.9. The number of hydrogen-bond donors (Lipinski definition) is 2. The molecule has 10 heteroatoms. The normalized spacial score (nSPS) is 16.0. The van der Waals surface area contributed by atoms with Gasteiger partial charge in [0.1, 0.15) is 23.2 Å². The molecule has 0 aliphatic carbocycles. The lowest BCUT2D eigenvalue weighted by Gasteiger charge is -2.27. The lowest BCUT2D eigenvalue weighted by atomic mass is 10.0. The predicted octanol–water partition coefficient (Wildman–Crippen LogP) is 6.80. The molecule has 2 aliphatic rings. The van der Waals surface area contributed by atoms with Gasteiger partial charge < -0.3 is 24.5 Å². The van der Waals surface area contributed by atoms with Gasteiger partial charge in [-0.05, 0) is 67.3 Å². The van der Waals surface area contributed by atoms with Crippen molar-refractivity contribution >= 4 is 28.5 Å². The standard InChI is InChI=1S/C35H30FN5O4/c1-37-25-9-7-23-19-38-33-6-2-5-29(39-33)27-18-32(45-12-3-4-21(23)14-25)24(15-28(27)36)17-34-40-30-10-8-22(35(42)43)16-31(30)41(34)20-26-11-13-44-26/h2,5-10,14-16,18,26H,3-4,11-13,17,19-20H2,(H,38,39)(H,42,43)/t26-/m0/s1. The number of fused-ring (bicyclic) bond motifs is 7. The summed E-state index contributed by atoms with van der Waals surface area (Å²) in [5.74, 6) is 0.371. The average molecular weight is 604 g/mol. The fourth-order valence-electron chi connectivity index (χ4n) is 5.91. The van der Waals surface area contributed by atoms with Crippen LogP contribution in [0.15, 0.2) is 66.7 Å². The molecule has 1 fully saturated rings. The third kappa shape index (κ3) is 5.82. The first-order valence-corrected chi connectivity index (χ1v) is 14.9. The van der Waals surface area contributed by atoms with Crippen molar-refractivity contribution in [1.82, 2.24) is 14.5 Å². The number of nitrogens with zero attached hydrogens (tertiary/aromatic N) is 4. The van der Waals surface area contributed by atoms with Crippen LogP contribution in [0.4, 0.5) is 15.9 Å².